The largest absolute Gasteiger partial charge is 0.469 e. The summed E-state index contributed by atoms with van der Waals surface area (Å²) in [5, 5.41) is 39.6. The lowest BCUT2D eigenvalue weighted by molar-refractivity contribution is -0.0542. The number of aliphatic hydroxyl groups is 4. The number of H-pyrrole nitrogens is 1. The van der Waals surface area contributed by atoms with Crippen LogP contribution in [0.4, 0.5) is 5.82 Å². The molecule has 25 heteroatoms. The highest BCUT2D eigenvalue weighted by Gasteiger charge is 2.46. The Hall–Kier alpha value is -2.99. The summed E-state index contributed by atoms with van der Waals surface area (Å²) in [6, 6.07) is 1.29. The average molecular weight is 671 g/mol. The van der Waals surface area contributed by atoms with Gasteiger partial charge in [0.2, 0.25) is 0 Å². The lowest BCUT2D eigenvalue weighted by Gasteiger charge is -2.16. The van der Waals surface area contributed by atoms with Crippen molar-refractivity contribution in [2.24, 2.45) is 0 Å². The first-order chi connectivity index (χ1) is 20.5. The van der Waals surface area contributed by atoms with Gasteiger partial charge in [-0.1, -0.05) is 0 Å². The lowest BCUT2D eigenvalue weighted by Crippen LogP contribution is -2.36. The van der Waals surface area contributed by atoms with Crippen LogP contribution < -0.4 is 17.0 Å². The molecule has 2 fully saturated rings. The van der Waals surface area contributed by atoms with Gasteiger partial charge >= 0.3 is 21.3 Å². The maximum atomic E-state index is 11.6. The van der Waals surface area contributed by atoms with E-state index in [2.05, 4.69) is 29.0 Å². The van der Waals surface area contributed by atoms with Crippen molar-refractivity contribution in [3.05, 3.63) is 45.8 Å². The molecule has 0 amide bonds. The Morgan fingerprint density at radius 1 is 0.864 bits per heavy atom. The molecule has 2 saturated heterocycles. The molecule has 44 heavy (non-hydrogen) atoms. The van der Waals surface area contributed by atoms with E-state index in [1.807, 2.05) is 0 Å². The number of aromatic amines is 1. The number of phosphoric ester groups is 2. The number of ether oxygens (including phenoxy) is 2. The van der Waals surface area contributed by atoms with E-state index < -0.39 is 89.2 Å². The van der Waals surface area contributed by atoms with Gasteiger partial charge in [-0.15, -0.1) is 0 Å². The fourth-order valence-corrected chi connectivity index (χ4v) is 4.89. The number of fused-ring (bicyclic) bond motifs is 1. The van der Waals surface area contributed by atoms with E-state index in [4.69, 9.17) is 34.8 Å². The molecule has 2 aliphatic heterocycles. The number of anilines is 1. The van der Waals surface area contributed by atoms with Gasteiger partial charge in [0.25, 0.3) is 5.56 Å². The molecule has 0 saturated carbocycles. The van der Waals surface area contributed by atoms with Gasteiger partial charge < -0.3 is 60.2 Å². The van der Waals surface area contributed by atoms with Crippen molar-refractivity contribution in [3.8, 4) is 0 Å². The Morgan fingerprint density at radius 3 is 1.89 bits per heavy atom. The molecule has 0 spiro atoms. The second kappa shape index (κ2) is 13.2. The summed E-state index contributed by atoms with van der Waals surface area (Å²) in [5.41, 5.74) is 4.19. The zero-order valence-corrected chi connectivity index (χ0v) is 23.7. The van der Waals surface area contributed by atoms with E-state index in [1.54, 1.807) is 0 Å². The van der Waals surface area contributed by atoms with Crippen LogP contribution >= 0.6 is 15.6 Å². The topological polar surface area (TPSA) is 357 Å². The van der Waals surface area contributed by atoms with Crippen LogP contribution in [0.2, 0.25) is 0 Å². The minimum absolute atomic E-state index is 0.0210. The first-order valence-electron chi connectivity index (χ1n) is 12.1. The standard InChI is InChI=1S/C10H13N4O8P.C9H14N3O8P/c15-6-4(1-21-23(18,19)20)22-10(7(6)16)14-3-13-5-8(14)11-2-12-9(5)17;10-5-1-2-12(9(15)11-5)8-7(14)6(13)4(20-8)3-19-21(16,17)18/h2-4,6-7,10,15-16H,1H2,(H,11,12,17)(H2,18,19,20);1-2,4,6-8,13-14H,3H2,(H2,10,11,15)(H2,16,17,18)/t4-,6-,7-,10-;4-,6-,7+,8-/m11/s1. The van der Waals surface area contributed by atoms with Gasteiger partial charge in [0.15, 0.2) is 23.6 Å². The Kier molecular flexibility index (Phi) is 10.1. The summed E-state index contributed by atoms with van der Waals surface area (Å²) < 4.78 is 42.5. The van der Waals surface area contributed by atoms with Crippen molar-refractivity contribution >= 4 is 32.6 Å². The van der Waals surface area contributed by atoms with E-state index in [-0.39, 0.29) is 17.0 Å². The molecule has 0 radical (unpaired) electrons. The molecular weight excluding hydrogens is 644 g/mol. The Balaban J connectivity index is 0.000000202. The van der Waals surface area contributed by atoms with E-state index >= 15 is 0 Å². The number of rotatable bonds is 8. The molecule has 11 N–H and O–H groups in total. The van der Waals surface area contributed by atoms with Crippen LogP contribution in [0.25, 0.3) is 11.2 Å². The second-order valence-corrected chi connectivity index (χ2v) is 11.7. The summed E-state index contributed by atoms with van der Waals surface area (Å²) in [7, 11) is -9.48. The van der Waals surface area contributed by atoms with Gasteiger partial charge in [0.1, 0.15) is 42.4 Å². The van der Waals surface area contributed by atoms with Crippen LogP contribution in [0, 0.1) is 0 Å². The van der Waals surface area contributed by atoms with E-state index in [9.17, 15) is 39.1 Å². The zero-order chi connectivity index (χ0) is 32.6. The summed E-state index contributed by atoms with van der Waals surface area (Å²) >= 11 is 0. The third-order valence-electron chi connectivity index (χ3n) is 6.25. The number of nitrogen functional groups attached to an aromatic ring is 1. The third-order valence-corrected chi connectivity index (χ3v) is 7.22. The normalized spacial score (nSPS) is 29.1. The van der Waals surface area contributed by atoms with E-state index in [0.29, 0.717) is 0 Å². The number of nitrogens with zero attached hydrogens (tertiary/aromatic N) is 5. The van der Waals surface area contributed by atoms with E-state index in [1.165, 1.54) is 23.2 Å². The summed E-state index contributed by atoms with van der Waals surface area (Å²) in [4.78, 5) is 71.4. The third kappa shape index (κ3) is 7.80. The summed E-state index contributed by atoms with van der Waals surface area (Å²) in [5.74, 6) is -0.0225. The minimum atomic E-state index is -4.74. The molecule has 5 heterocycles. The summed E-state index contributed by atoms with van der Waals surface area (Å²) in [6.07, 6.45) is -7.12. The van der Waals surface area contributed by atoms with Gasteiger partial charge in [0, 0.05) is 6.20 Å². The molecule has 3 aromatic rings. The first-order valence-corrected chi connectivity index (χ1v) is 15.2. The molecule has 8 atom stereocenters. The summed E-state index contributed by atoms with van der Waals surface area (Å²) in [6.45, 7) is -1.28. The predicted octanol–water partition coefficient (Wildman–Crippen LogP) is -4.60. The Labute approximate surface area is 243 Å². The number of phosphoric acid groups is 2. The Bertz CT molecular complexity index is 1670. The number of hydrogen-bond acceptors (Lipinski definition) is 16. The van der Waals surface area contributed by atoms with Gasteiger partial charge in [0.05, 0.1) is 25.9 Å². The fraction of sp³-hybridized carbons (Fsp3) is 0.526. The monoisotopic (exact) mass is 671 g/mol. The molecular formula is C19H27N7O16P2. The number of aliphatic hydroxyl groups excluding tert-OH is 4. The van der Waals surface area contributed by atoms with Crippen LogP contribution in [0.1, 0.15) is 12.5 Å². The second-order valence-electron chi connectivity index (χ2n) is 9.26. The zero-order valence-electron chi connectivity index (χ0n) is 21.9. The minimum Gasteiger partial charge on any atom is -0.387 e. The molecule has 244 valence electrons. The van der Waals surface area contributed by atoms with Crippen LogP contribution in [0.5, 0.6) is 0 Å². The number of hydrogen-bond donors (Lipinski definition) is 10. The SMILES string of the molecule is Nc1ccn([C@@H]2O[C@H](COP(=O)(O)O)[C@@H](O)[C@@H]2O)c(=O)n1.O=c1[nH]cnc2c1ncn2[C@@H]1O[C@H](COP(=O)(O)O)[C@@H](O)[C@H]1O. The lowest BCUT2D eigenvalue weighted by atomic mass is 10.1. The maximum absolute atomic E-state index is 11.6. The molecule has 0 aliphatic carbocycles. The van der Waals surface area contributed by atoms with Crippen molar-refractivity contribution in [1.29, 1.82) is 0 Å². The van der Waals surface area contributed by atoms with Crippen LogP contribution in [-0.2, 0) is 27.7 Å². The van der Waals surface area contributed by atoms with Crippen molar-refractivity contribution < 1.29 is 67.7 Å². The van der Waals surface area contributed by atoms with Gasteiger partial charge in [-0.25, -0.2) is 23.9 Å². The Morgan fingerprint density at radius 2 is 1.39 bits per heavy atom. The molecule has 3 aromatic heterocycles. The number of nitrogens with one attached hydrogen (secondary N) is 1. The van der Waals surface area contributed by atoms with Crippen LogP contribution in [-0.4, -0.2) is 119 Å². The van der Waals surface area contributed by atoms with Crippen molar-refractivity contribution in [2.45, 2.75) is 49.1 Å². The van der Waals surface area contributed by atoms with Crippen molar-refractivity contribution in [2.75, 3.05) is 18.9 Å². The number of nitrogens with two attached hydrogens (primary N) is 1. The highest BCUT2D eigenvalue weighted by Crippen LogP contribution is 2.39. The maximum Gasteiger partial charge on any atom is 0.469 e. The molecule has 0 aromatic carbocycles. The number of imidazole rings is 1. The first kappa shape index (κ1) is 33.9. The molecule has 23 nitrogen and oxygen atoms in total. The van der Waals surface area contributed by atoms with Crippen molar-refractivity contribution in [3.63, 3.8) is 0 Å². The highest BCUT2D eigenvalue weighted by molar-refractivity contribution is 7.46. The van der Waals surface area contributed by atoms with Gasteiger partial charge in [-0.2, -0.15) is 4.98 Å². The molecule has 0 bridgehead atoms. The highest BCUT2D eigenvalue weighted by atomic mass is 31.2. The van der Waals surface area contributed by atoms with Crippen LogP contribution in [0.15, 0.2) is 34.5 Å². The van der Waals surface area contributed by atoms with E-state index in [0.717, 1.165) is 10.9 Å². The average Bonchev–Trinajstić information content (AvgIpc) is 3.57. The smallest absolute Gasteiger partial charge is 0.387 e. The van der Waals surface area contributed by atoms with Gasteiger partial charge in [-0.05, 0) is 6.07 Å². The van der Waals surface area contributed by atoms with Gasteiger partial charge in [-0.3, -0.25) is 23.0 Å². The molecule has 5 rings (SSSR count). The van der Waals surface area contributed by atoms with Crippen molar-refractivity contribution in [1.82, 2.24) is 29.1 Å². The van der Waals surface area contributed by atoms with Crippen LogP contribution in [0.3, 0.4) is 0 Å². The molecule has 2 aliphatic rings. The molecule has 0 unspecified atom stereocenters. The number of aromatic nitrogens is 6. The predicted molar refractivity (Wildman–Crippen MR) is 139 cm³/mol. The fourth-order valence-electron chi connectivity index (χ4n) is 4.20. The quantitative estimate of drug-likeness (QED) is 0.101.